The van der Waals surface area contributed by atoms with Gasteiger partial charge in [0.25, 0.3) is 0 Å². The standard InChI is InChI=1S/C26H33F2N3O2/c1-18(32)30-24(14-19-12-21(27)16-22(28)13-19)25(33)17-29-26(8-9-26)20-6-5-7-23(15-20)31-10-3-2-4-11-31/h5-7,12-13,15-16,24-25,29,33H,2-4,8-11,14,17H2,1H3,(H,30,32). The number of carbonyl (C=O) groups is 1. The Morgan fingerprint density at radius 1 is 1.09 bits per heavy atom. The van der Waals surface area contributed by atoms with Gasteiger partial charge < -0.3 is 20.6 Å². The molecule has 2 unspecified atom stereocenters. The smallest absolute Gasteiger partial charge is 0.217 e. The van der Waals surface area contributed by atoms with Gasteiger partial charge in [-0.1, -0.05) is 12.1 Å². The second-order valence-corrected chi connectivity index (χ2v) is 9.42. The minimum atomic E-state index is -0.914. The van der Waals surface area contributed by atoms with E-state index in [1.54, 1.807) is 0 Å². The largest absolute Gasteiger partial charge is 0.390 e. The van der Waals surface area contributed by atoms with Crippen LogP contribution in [0.1, 0.15) is 50.2 Å². The lowest BCUT2D eigenvalue weighted by Crippen LogP contribution is -2.49. The van der Waals surface area contributed by atoms with Crippen LogP contribution < -0.4 is 15.5 Å². The van der Waals surface area contributed by atoms with Crippen LogP contribution in [0.5, 0.6) is 0 Å². The quantitative estimate of drug-likeness (QED) is 0.538. The summed E-state index contributed by atoms with van der Waals surface area (Å²) in [6.45, 7) is 3.80. The summed E-state index contributed by atoms with van der Waals surface area (Å²) in [6, 6.07) is 11.2. The van der Waals surface area contributed by atoms with Gasteiger partial charge in [0.2, 0.25) is 5.91 Å². The Kier molecular flexibility index (Phi) is 7.29. The molecule has 0 radical (unpaired) electrons. The van der Waals surface area contributed by atoms with Crippen molar-refractivity contribution in [3.05, 3.63) is 65.2 Å². The van der Waals surface area contributed by atoms with E-state index in [0.29, 0.717) is 5.56 Å². The Labute approximate surface area is 194 Å². The predicted octanol–water partition coefficient (Wildman–Crippen LogP) is 3.64. The van der Waals surface area contributed by atoms with Gasteiger partial charge in [-0.2, -0.15) is 0 Å². The Hall–Kier alpha value is -2.51. The Morgan fingerprint density at radius 3 is 2.42 bits per heavy atom. The van der Waals surface area contributed by atoms with Crippen molar-refractivity contribution in [2.45, 2.75) is 63.1 Å². The molecule has 7 heteroatoms. The van der Waals surface area contributed by atoms with Gasteiger partial charge in [-0.25, -0.2) is 8.78 Å². The summed E-state index contributed by atoms with van der Waals surface area (Å²) in [6.07, 6.45) is 4.90. The number of nitrogens with one attached hydrogen (secondary N) is 2. The number of piperidine rings is 1. The molecule has 0 spiro atoms. The van der Waals surface area contributed by atoms with E-state index in [0.717, 1.165) is 32.0 Å². The first-order chi connectivity index (χ1) is 15.8. The van der Waals surface area contributed by atoms with Gasteiger partial charge in [0.1, 0.15) is 11.6 Å². The zero-order chi connectivity index (χ0) is 23.4. The van der Waals surface area contributed by atoms with Crippen LogP contribution in [0.4, 0.5) is 14.5 Å². The molecule has 1 aliphatic heterocycles. The monoisotopic (exact) mass is 457 g/mol. The number of rotatable bonds is 9. The van der Waals surface area contributed by atoms with Crippen LogP contribution in [0.15, 0.2) is 42.5 Å². The summed E-state index contributed by atoms with van der Waals surface area (Å²) in [5.74, 6) is -1.65. The van der Waals surface area contributed by atoms with Gasteiger partial charge in [-0.05, 0) is 73.9 Å². The maximum absolute atomic E-state index is 13.6. The molecule has 1 saturated carbocycles. The number of benzene rings is 2. The van der Waals surface area contributed by atoms with Gasteiger partial charge in [-0.15, -0.1) is 0 Å². The fourth-order valence-electron chi connectivity index (χ4n) is 4.81. The molecule has 0 bridgehead atoms. The minimum Gasteiger partial charge on any atom is -0.390 e. The van der Waals surface area contributed by atoms with E-state index in [4.69, 9.17) is 0 Å². The zero-order valence-corrected chi connectivity index (χ0v) is 19.1. The molecule has 1 amide bonds. The van der Waals surface area contributed by atoms with Crippen LogP contribution in [0.25, 0.3) is 0 Å². The van der Waals surface area contributed by atoms with E-state index in [2.05, 4.69) is 39.8 Å². The van der Waals surface area contributed by atoms with Crippen LogP contribution in [-0.2, 0) is 16.8 Å². The molecule has 0 aromatic heterocycles. The second-order valence-electron chi connectivity index (χ2n) is 9.42. The zero-order valence-electron chi connectivity index (χ0n) is 19.1. The number of aliphatic hydroxyl groups excluding tert-OH is 1. The van der Waals surface area contributed by atoms with Crippen molar-refractivity contribution in [2.75, 3.05) is 24.5 Å². The highest BCUT2D eigenvalue weighted by molar-refractivity contribution is 5.73. The van der Waals surface area contributed by atoms with Crippen LogP contribution >= 0.6 is 0 Å². The Bertz CT molecular complexity index is 954. The van der Waals surface area contributed by atoms with E-state index < -0.39 is 23.8 Å². The molecule has 2 fully saturated rings. The average Bonchev–Trinajstić information content (AvgIpc) is 3.58. The van der Waals surface area contributed by atoms with Crippen molar-refractivity contribution in [3.8, 4) is 0 Å². The van der Waals surface area contributed by atoms with Crippen molar-refractivity contribution < 1.29 is 18.7 Å². The van der Waals surface area contributed by atoms with Crippen LogP contribution in [-0.4, -0.2) is 42.8 Å². The lowest BCUT2D eigenvalue weighted by atomic mass is 9.99. The van der Waals surface area contributed by atoms with Crippen LogP contribution in [0.2, 0.25) is 0 Å². The molecule has 1 saturated heterocycles. The lowest BCUT2D eigenvalue weighted by Gasteiger charge is -2.30. The summed E-state index contributed by atoms with van der Waals surface area (Å²) >= 11 is 0. The molecule has 33 heavy (non-hydrogen) atoms. The van der Waals surface area contributed by atoms with Gasteiger partial charge in [0.15, 0.2) is 0 Å². The van der Waals surface area contributed by atoms with Crippen molar-refractivity contribution in [1.29, 1.82) is 0 Å². The number of anilines is 1. The molecule has 4 rings (SSSR count). The summed E-state index contributed by atoms with van der Waals surface area (Å²) in [4.78, 5) is 14.1. The average molecular weight is 458 g/mol. The number of nitrogens with zero attached hydrogens (tertiary/aromatic N) is 1. The van der Waals surface area contributed by atoms with Gasteiger partial charge in [-0.3, -0.25) is 4.79 Å². The van der Waals surface area contributed by atoms with Crippen molar-refractivity contribution in [1.82, 2.24) is 10.6 Å². The first-order valence-corrected chi connectivity index (χ1v) is 11.9. The van der Waals surface area contributed by atoms with E-state index in [9.17, 15) is 18.7 Å². The number of hydrogen-bond acceptors (Lipinski definition) is 4. The summed E-state index contributed by atoms with van der Waals surface area (Å²) in [5, 5.41) is 17.1. The fourth-order valence-corrected chi connectivity index (χ4v) is 4.81. The number of hydrogen-bond donors (Lipinski definition) is 3. The molecular weight excluding hydrogens is 424 g/mol. The van der Waals surface area contributed by atoms with E-state index in [1.165, 1.54) is 49.6 Å². The first-order valence-electron chi connectivity index (χ1n) is 11.9. The predicted molar refractivity (Wildman–Crippen MR) is 125 cm³/mol. The molecule has 2 aliphatic rings. The first kappa shape index (κ1) is 23.6. The molecule has 2 atom stereocenters. The highest BCUT2D eigenvalue weighted by Gasteiger charge is 2.44. The van der Waals surface area contributed by atoms with E-state index in [1.807, 2.05) is 0 Å². The topological polar surface area (TPSA) is 64.6 Å². The fraction of sp³-hybridized carbons (Fsp3) is 0.500. The third-order valence-corrected chi connectivity index (χ3v) is 6.75. The molecule has 1 heterocycles. The molecular formula is C26H33F2N3O2. The van der Waals surface area contributed by atoms with Crippen LogP contribution in [0, 0.1) is 11.6 Å². The number of amides is 1. The molecule has 2 aromatic rings. The molecule has 5 nitrogen and oxygen atoms in total. The summed E-state index contributed by atoms with van der Waals surface area (Å²) < 4.78 is 27.2. The highest BCUT2D eigenvalue weighted by atomic mass is 19.1. The van der Waals surface area contributed by atoms with E-state index >= 15 is 0 Å². The SMILES string of the molecule is CC(=O)NC(Cc1cc(F)cc(F)c1)C(O)CNC1(c2cccc(N3CCCCC3)c2)CC1. The second kappa shape index (κ2) is 10.2. The Balaban J connectivity index is 1.42. The van der Waals surface area contributed by atoms with Gasteiger partial charge in [0, 0.05) is 43.9 Å². The van der Waals surface area contributed by atoms with Crippen LogP contribution in [0.3, 0.4) is 0 Å². The lowest BCUT2D eigenvalue weighted by molar-refractivity contribution is -0.120. The van der Waals surface area contributed by atoms with Crippen molar-refractivity contribution >= 4 is 11.6 Å². The van der Waals surface area contributed by atoms with E-state index in [-0.39, 0.29) is 24.4 Å². The van der Waals surface area contributed by atoms with Gasteiger partial charge >= 0.3 is 0 Å². The normalized spacial score (nSPS) is 19.1. The molecule has 178 valence electrons. The minimum absolute atomic E-state index is 0.133. The highest BCUT2D eigenvalue weighted by Crippen LogP contribution is 2.46. The summed E-state index contributed by atoms with van der Waals surface area (Å²) in [5.41, 5.74) is 2.66. The molecule has 1 aliphatic carbocycles. The molecule has 2 aromatic carbocycles. The summed E-state index contributed by atoms with van der Waals surface area (Å²) in [7, 11) is 0. The van der Waals surface area contributed by atoms with Crippen molar-refractivity contribution in [3.63, 3.8) is 0 Å². The third kappa shape index (κ3) is 6.09. The maximum atomic E-state index is 13.6. The Morgan fingerprint density at radius 2 is 1.79 bits per heavy atom. The number of aliphatic hydroxyl groups is 1. The van der Waals surface area contributed by atoms with Gasteiger partial charge in [0.05, 0.1) is 12.1 Å². The third-order valence-electron chi connectivity index (χ3n) is 6.75. The number of halogens is 2. The molecule has 3 N–H and O–H groups in total. The van der Waals surface area contributed by atoms with Crippen molar-refractivity contribution in [2.24, 2.45) is 0 Å². The number of carbonyl (C=O) groups excluding carboxylic acids is 1. The maximum Gasteiger partial charge on any atom is 0.217 e.